The molecule has 0 heterocycles. The van der Waals surface area contributed by atoms with Gasteiger partial charge in [-0.15, -0.1) is 0 Å². The highest BCUT2D eigenvalue weighted by molar-refractivity contribution is 5.95. The van der Waals surface area contributed by atoms with Crippen LogP contribution in [0.15, 0.2) is 4.99 Å². The maximum Gasteiger partial charge on any atom is 0.328 e. The quantitative estimate of drug-likeness (QED) is 0.0343. The Bertz CT molecular complexity index is 989. The average Bonchev–Trinajstić information content (AvgIpc) is 2.92. The van der Waals surface area contributed by atoms with Gasteiger partial charge in [0.1, 0.15) is 30.2 Å². The molecular formula is C24H45N9O10. The normalized spacial score (nSPS) is 15.1. The molecule has 0 saturated carbocycles. The average molecular weight is 620 g/mol. The number of aliphatic imine (C=N–C) groups is 1. The van der Waals surface area contributed by atoms with Gasteiger partial charge in [0.25, 0.3) is 0 Å². The van der Waals surface area contributed by atoms with Crippen molar-refractivity contribution in [1.29, 1.82) is 0 Å². The van der Waals surface area contributed by atoms with Gasteiger partial charge in [-0.2, -0.15) is 0 Å². The summed E-state index contributed by atoms with van der Waals surface area (Å²) in [6, 6.07) is -7.07. The maximum absolute atomic E-state index is 13.2. The molecule has 0 aliphatic rings. The third-order valence-electron chi connectivity index (χ3n) is 5.80. The standard InChI is InChI=1S/C24H45N9O10/c1-11(2)7-14(20(39)32-15(9-34)21(40)33-16(10-35)23(42)43)31-19(38)13(5-4-6-28-24(26)27)30-17(37)8-29-22(41)18(25)12(3)36/h11-16,18,34-36H,4-10,25H2,1-3H3,(H,29,41)(H,30,37)(H,31,38)(H,32,39)(H,33,40)(H,42,43)(H4,26,27,28)/t12-,13+,14+,15+,16+,18+/m1/s1. The predicted molar refractivity (Wildman–Crippen MR) is 152 cm³/mol. The monoisotopic (exact) mass is 619 g/mol. The number of carboxylic acid groups (broad SMARTS) is 1. The van der Waals surface area contributed by atoms with Crippen LogP contribution in [-0.4, -0.2) is 125 Å². The van der Waals surface area contributed by atoms with Gasteiger partial charge < -0.3 is 64.2 Å². The van der Waals surface area contributed by atoms with Crippen LogP contribution in [0.4, 0.5) is 0 Å². The van der Waals surface area contributed by atoms with Gasteiger partial charge in [0.15, 0.2) is 5.96 Å². The summed E-state index contributed by atoms with van der Waals surface area (Å²) in [6.07, 6.45) is -0.886. The largest absolute Gasteiger partial charge is 0.480 e. The van der Waals surface area contributed by atoms with Gasteiger partial charge in [-0.05, 0) is 32.1 Å². The van der Waals surface area contributed by atoms with Gasteiger partial charge >= 0.3 is 5.97 Å². The molecule has 43 heavy (non-hydrogen) atoms. The smallest absolute Gasteiger partial charge is 0.328 e. The Morgan fingerprint density at radius 3 is 1.77 bits per heavy atom. The van der Waals surface area contributed by atoms with Crippen molar-refractivity contribution in [3.63, 3.8) is 0 Å². The number of amides is 5. The molecule has 5 amide bonds. The van der Waals surface area contributed by atoms with Crippen LogP contribution in [0.25, 0.3) is 0 Å². The minimum absolute atomic E-state index is 0.00487. The molecule has 19 nitrogen and oxygen atoms in total. The lowest BCUT2D eigenvalue weighted by Gasteiger charge is -2.26. The fourth-order valence-corrected chi connectivity index (χ4v) is 3.42. The molecule has 6 atom stereocenters. The van der Waals surface area contributed by atoms with Crippen molar-refractivity contribution in [1.82, 2.24) is 26.6 Å². The molecule has 19 heteroatoms. The van der Waals surface area contributed by atoms with Gasteiger partial charge in [0, 0.05) is 6.54 Å². The summed E-state index contributed by atoms with van der Waals surface area (Å²) < 4.78 is 0. The van der Waals surface area contributed by atoms with Crippen LogP contribution in [0.5, 0.6) is 0 Å². The first kappa shape index (κ1) is 38.9. The molecule has 0 saturated heterocycles. The highest BCUT2D eigenvalue weighted by Crippen LogP contribution is 2.08. The zero-order chi connectivity index (χ0) is 33.3. The second kappa shape index (κ2) is 19.9. The summed E-state index contributed by atoms with van der Waals surface area (Å²) in [5.41, 5.74) is 16.1. The van der Waals surface area contributed by atoms with E-state index in [0.717, 1.165) is 0 Å². The first-order valence-electron chi connectivity index (χ1n) is 13.5. The first-order chi connectivity index (χ1) is 20.0. The van der Waals surface area contributed by atoms with Crippen molar-refractivity contribution in [2.24, 2.45) is 28.1 Å². The number of hydrogen-bond acceptors (Lipinski definition) is 11. The predicted octanol–water partition coefficient (Wildman–Crippen LogP) is -6.08. The number of nitrogens with zero attached hydrogens (tertiary/aromatic N) is 1. The maximum atomic E-state index is 13.2. The Balaban J connectivity index is 5.69. The molecule has 0 unspecified atom stereocenters. The molecule has 246 valence electrons. The van der Waals surface area contributed by atoms with Crippen molar-refractivity contribution < 1.29 is 49.2 Å². The number of guanidine groups is 1. The van der Waals surface area contributed by atoms with E-state index in [4.69, 9.17) is 27.4 Å². The van der Waals surface area contributed by atoms with Gasteiger partial charge in [-0.1, -0.05) is 13.8 Å². The molecule has 0 aromatic rings. The molecule has 0 bridgehead atoms. The fourth-order valence-electron chi connectivity index (χ4n) is 3.42. The SMILES string of the molecule is CC(C)C[C@H](NC(=O)[C@H](CCCN=C(N)N)NC(=O)CNC(=O)[C@@H](N)[C@@H](C)O)C(=O)N[C@@H](CO)C(=O)N[C@@H](CO)C(=O)O. The van der Waals surface area contributed by atoms with E-state index in [9.17, 15) is 39.0 Å². The Kier molecular flexibility index (Phi) is 18.1. The third kappa shape index (κ3) is 15.7. The Morgan fingerprint density at radius 1 is 0.767 bits per heavy atom. The molecule has 0 aromatic carbocycles. The molecule has 0 radical (unpaired) electrons. The number of aliphatic carboxylic acids is 1. The van der Waals surface area contributed by atoms with E-state index in [0.29, 0.717) is 0 Å². The van der Waals surface area contributed by atoms with Crippen LogP contribution in [-0.2, 0) is 28.8 Å². The van der Waals surface area contributed by atoms with Crippen molar-refractivity contribution >= 4 is 41.5 Å². The number of rotatable bonds is 20. The highest BCUT2D eigenvalue weighted by atomic mass is 16.4. The lowest BCUT2D eigenvalue weighted by Crippen LogP contribution is -2.59. The molecule has 0 aliphatic heterocycles. The number of aliphatic hydroxyl groups excluding tert-OH is 3. The van der Waals surface area contributed by atoms with E-state index in [1.165, 1.54) is 6.92 Å². The lowest BCUT2D eigenvalue weighted by molar-refractivity contribution is -0.143. The Labute approximate surface area is 248 Å². The van der Waals surface area contributed by atoms with Crippen LogP contribution < -0.4 is 43.8 Å². The molecule has 0 aromatic heterocycles. The van der Waals surface area contributed by atoms with Gasteiger partial charge in [-0.25, -0.2) is 4.79 Å². The van der Waals surface area contributed by atoms with Gasteiger partial charge in [0.2, 0.25) is 29.5 Å². The van der Waals surface area contributed by atoms with E-state index in [1.54, 1.807) is 13.8 Å². The minimum Gasteiger partial charge on any atom is -0.480 e. The van der Waals surface area contributed by atoms with E-state index in [1.807, 2.05) is 5.32 Å². The third-order valence-corrected chi connectivity index (χ3v) is 5.80. The lowest BCUT2D eigenvalue weighted by atomic mass is 10.0. The second-order valence-corrected chi connectivity index (χ2v) is 10.1. The number of carbonyl (C=O) groups excluding carboxylic acids is 5. The van der Waals surface area contributed by atoms with Crippen LogP contribution in [0, 0.1) is 5.92 Å². The highest BCUT2D eigenvalue weighted by Gasteiger charge is 2.31. The number of hydrogen-bond donors (Lipinski definition) is 12. The molecule has 0 aliphatic carbocycles. The van der Waals surface area contributed by atoms with E-state index < -0.39 is 91.6 Å². The first-order valence-corrected chi connectivity index (χ1v) is 13.5. The zero-order valence-electron chi connectivity index (χ0n) is 24.4. The summed E-state index contributed by atoms with van der Waals surface area (Å²) in [5.74, 6) is -6.26. The van der Waals surface area contributed by atoms with Crippen molar-refractivity contribution in [2.45, 2.75) is 76.3 Å². The number of carbonyl (C=O) groups is 6. The molecule has 0 spiro atoms. The zero-order valence-corrected chi connectivity index (χ0v) is 24.4. The fraction of sp³-hybridized carbons (Fsp3) is 0.708. The van der Waals surface area contributed by atoms with E-state index in [2.05, 4.69) is 26.3 Å². The van der Waals surface area contributed by atoms with Gasteiger partial charge in [-0.3, -0.25) is 29.0 Å². The summed E-state index contributed by atoms with van der Waals surface area (Å²) in [6.45, 7) is 2.45. The Morgan fingerprint density at radius 2 is 1.28 bits per heavy atom. The summed E-state index contributed by atoms with van der Waals surface area (Å²) in [5, 5.41) is 48.6. The van der Waals surface area contributed by atoms with Gasteiger partial charge in [0.05, 0.1) is 25.9 Å². The summed E-state index contributed by atoms with van der Waals surface area (Å²) >= 11 is 0. The second-order valence-electron chi connectivity index (χ2n) is 10.1. The minimum atomic E-state index is -1.68. The van der Waals surface area contributed by atoms with Crippen molar-refractivity contribution in [2.75, 3.05) is 26.3 Å². The Hall–Kier alpha value is -4.07. The van der Waals surface area contributed by atoms with E-state index in [-0.39, 0.29) is 37.7 Å². The van der Waals surface area contributed by atoms with Crippen LogP contribution in [0.2, 0.25) is 0 Å². The number of aliphatic hydroxyl groups is 3. The van der Waals surface area contributed by atoms with Crippen molar-refractivity contribution in [3.8, 4) is 0 Å². The summed E-state index contributed by atoms with van der Waals surface area (Å²) in [7, 11) is 0. The summed E-state index contributed by atoms with van der Waals surface area (Å²) in [4.78, 5) is 78.1. The molecule has 0 rings (SSSR count). The van der Waals surface area contributed by atoms with E-state index >= 15 is 0 Å². The van der Waals surface area contributed by atoms with Crippen LogP contribution in [0.1, 0.15) is 40.0 Å². The molecular weight excluding hydrogens is 574 g/mol. The van der Waals surface area contributed by atoms with Crippen LogP contribution >= 0.6 is 0 Å². The molecule has 0 fully saturated rings. The number of nitrogens with two attached hydrogens (primary N) is 3. The topological polar surface area (TPSA) is 334 Å². The number of nitrogens with one attached hydrogen (secondary N) is 5. The molecule has 15 N–H and O–H groups in total. The van der Waals surface area contributed by atoms with Crippen molar-refractivity contribution in [3.05, 3.63) is 0 Å². The van der Waals surface area contributed by atoms with Crippen LogP contribution in [0.3, 0.4) is 0 Å². The number of carboxylic acids is 1.